The molecule has 1 N–H and O–H groups in total. The van der Waals surface area contributed by atoms with Gasteiger partial charge in [-0.25, -0.2) is 9.97 Å². The number of nitriles is 1. The molecule has 0 saturated heterocycles. The lowest BCUT2D eigenvalue weighted by Crippen LogP contribution is -2.00. The van der Waals surface area contributed by atoms with Gasteiger partial charge in [-0.05, 0) is 37.6 Å². The summed E-state index contributed by atoms with van der Waals surface area (Å²) >= 11 is 0. The normalized spacial score (nSPS) is 9.74. The number of hydrogen-bond acceptors (Lipinski definition) is 5. The summed E-state index contributed by atoms with van der Waals surface area (Å²) in [7, 11) is 0. The van der Waals surface area contributed by atoms with Crippen molar-refractivity contribution in [3.05, 3.63) is 41.9 Å². The summed E-state index contributed by atoms with van der Waals surface area (Å²) in [6.45, 7) is 4.55. The van der Waals surface area contributed by atoms with Crippen molar-refractivity contribution in [1.82, 2.24) is 9.97 Å². The summed E-state index contributed by atoms with van der Waals surface area (Å²) < 4.78 is 5.48. The van der Waals surface area contributed by atoms with Crippen molar-refractivity contribution in [2.75, 3.05) is 11.9 Å². The molecule has 5 nitrogen and oxygen atoms in total. The van der Waals surface area contributed by atoms with Gasteiger partial charge in [0, 0.05) is 18.1 Å². The molecule has 0 spiro atoms. The number of anilines is 2. The molecular formula is C14H14N4O. The molecule has 1 heterocycles. The molecule has 0 unspecified atom stereocenters. The summed E-state index contributed by atoms with van der Waals surface area (Å²) in [5.41, 5.74) is 2.14. The molecule has 0 aliphatic rings. The Bertz CT molecular complexity index is 619. The van der Waals surface area contributed by atoms with Crippen LogP contribution >= 0.6 is 0 Å². The lowest BCUT2D eigenvalue weighted by atomic mass is 10.2. The van der Waals surface area contributed by atoms with Crippen molar-refractivity contribution in [3.8, 4) is 11.8 Å². The number of aromatic nitrogens is 2. The van der Waals surface area contributed by atoms with Gasteiger partial charge in [-0.1, -0.05) is 0 Å². The van der Waals surface area contributed by atoms with Crippen molar-refractivity contribution in [2.45, 2.75) is 13.8 Å². The van der Waals surface area contributed by atoms with Crippen LogP contribution in [0.25, 0.3) is 0 Å². The zero-order chi connectivity index (χ0) is 13.7. The molecule has 0 atom stereocenters. The molecule has 0 bridgehead atoms. The molecule has 0 radical (unpaired) electrons. The predicted molar refractivity (Wildman–Crippen MR) is 72.4 cm³/mol. The third kappa shape index (κ3) is 2.99. The fourth-order valence-corrected chi connectivity index (χ4v) is 1.69. The average molecular weight is 254 g/mol. The number of nitrogens with one attached hydrogen (secondary N) is 1. The first-order valence-electron chi connectivity index (χ1n) is 5.96. The largest absolute Gasteiger partial charge is 0.494 e. The number of aryl methyl sites for hydroxylation is 1. The highest BCUT2D eigenvalue weighted by atomic mass is 16.5. The Kier molecular flexibility index (Phi) is 3.94. The van der Waals surface area contributed by atoms with Gasteiger partial charge in [0.2, 0.25) is 0 Å². The molecular weight excluding hydrogens is 240 g/mol. The maximum Gasteiger partial charge on any atom is 0.183 e. The number of ether oxygens (including phenoxy) is 1. The first kappa shape index (κ1) is 12.8. The molecule has 0 amide bonds. The molecule has 19 heavy (non-hydrogen) atoms. The van der Waals surface area contributed by atoms with E-state index in [0.29, 0.717) is 12.4 Å². The van der Waals surface area contributed by atoms with E-state index in [0.717, 1.165) is 17.0 Å². The van der Waals surface area contributed by atoms with Crippen LogP contribution < -0.4 is 10.1 Å². The van der Waals surface area contributed by atoms with E-state index in [1.165, 1.54) is 6.20 Å². The SMILES string of the molecule is CCOc1ccc(Nc2nccnc2C#N)cc1C. The number of benzene rings is 1. The average Bonchev–Trinajstić information content (AvgIpc) is 2.43. The van der Waals surface area contributed by atoms with Crippen molar-refractivity contribution < 1.29 is 4.74 Å². The smallest absolute Gasteiger partial charge is 0.183 e. The first-order chi connectivity index (χ1) is 9.24. The van der Waals surface area contributed by atoms with Crippen LogP contribution in [0.5, 0.6) is 5.75 Å². The van der Waals surface area contributed by atoms with E-state index >= 15 is 0 Å². The Hall–Kier alpha value is -2.61. The molecule has 2 rings (SSSR count). The summed E-state index contributed by atoms with van der Waals surface area (Å²) in [6, 6.07) is 7.72. The fourth-order valence-electron chi connectivity index (χ4n) is 1.69. The maximum absolute atomic E-state index is 8.95. The Balaban J connectivity index is 2.24. The minimum atomic E-state index is 0.272. The van der Waals surface area contributed by atoms with E-state index in [1.54, 1.807) is 6.20 Å². The van der Waals surface area contributed by atoms with E-state index in [4.69, 9.17) is 10.00 Å². The minimum Gasteiger partial charge on any atom is -0.494 e. The zero-order valence-corrected chi connectivity index (χ0v) is 10.8. The Morgan fingerprint density at radius 3 is 2.79 bits per heavy atom. The molecule has 5 heteroatoms. The van der Waals surface area contributed by atoms with Gasteiger partial charge in [-0.2, -0.15) is 5.26 Å². The lowest BCUT2D eigenvalue weighted by Gasteiger charge is -2.10. The molecule has 96 valence electrons. The molecule has 0 saturated carbocycles. The number of rotatable bonds is 4. The summed E-state index contributed by atoms with van der Waals surface area (Å²) in [6.07, 6.45) is 3.04. The highest BCUT2D eigenvalue weighted by Gasteiger charge is 2.06. The van der Waals surface area contributed by atoms with Gasteiger partial charge in [-0.3, -0.25) is 0 Å². The zero-order valence-electron chi connectivity index (χ0n) is 10.8. The van der Waals surface area contributed by atoms with Crippen LogP contribution in [0.4, 0.5) is 11.5 Å². The van der Waals surface area contributed by atoms with Gasteiger partial charge in [0.05, 0.1) is 6.61 Å². The minimum absolute atomic E-state index is 0.272. The van der Waals surface area contributed by atoms with Gasteiger partial charge in [-0.15, -0.1) is 0 Å². The van der Waals surface area contributed by atoms with Crippen LogP contribution in [0.3, 0.4) is 0 Å². The Labute approximate surface area is 111 Å². The van der Waals surface area contributed by atoms with Crippen LogP contribution in [0.2, 0.25) is 0 Å². The molecule has 0 fully saturated rings. The molecule has 0 aliphatic heterocycles. The van der Waals surface area contributed by atoms with Gasteiger partial charge in [0.15, 0.2) is 11.5 Å². The first-order valence-corrected chi connectivity index (χ1v) is 5.96. The van der Waals surface area contributed by atoms with Crippen molar-refractivity contribution >= 4 is 11.5 Å². The highest BCUT2D eigenvalue weighted by molar-refractivity contribution is 5.62. The second-order valence-electron chi connectivity index (χ2n) is 3.90. The Morgan fingerprint density at radius 1 is 1.32 bits per heavy atom. The third-order valence-electron chi connectivity index (χ3n) is 2.54. The van der Waals surface area contributed by atoms with E-state index in [9.17, 15) is 0 Å². The molecule has 1 aromatic carbocycles. The van der Waals surface area contributed by atoms with Gasteiger partial charge in [0.25, 0.3) is 0 Å². The number of nitrogens with zero attached hydrogens (tertiary/aromatic N) is 3. The van der Waals surface area contributed by atoms with Crippen LogP contribution in [-0.2, 0) is 0 Å². The van der Waals surface area contributed by atoms with Crippen molar-refractivity contribution in [2.24, 2.45) is 0 Å². The second-order valence-corrected chi connectivity index (χ2v) is 3.90. The van der Waals surface area contributed by atoms with Crippen LogP contribution in [0.15, 0.2) is 30.6 Å². The van der Waals surface area contributed by atoms with Crippen molar-refractivity contribution in [3.63, 3.8) is 0 Å². The molecule has 1 aromatic heterocycles. The standard InChI is InChI=1S/C14H14N4O/c1-3-19-13-5-4-11(8-10(13)2)18-14-12(9-15)16-6-7-17-14/h4-8H,3H2,1-2H3,(H,17,18). The topological polar surface area (TPSA) is 70.8 Å². The second kappa shape index (κ2) is 5.83. The third-order valence-corrected chi connectivity index (χ3v) is 2.54. The monoisotopic (exact) mass is 254 g/mol. The fraction of sp³-hybridized carbons (Fsp3) is 0.214. The summed E-state index contributed by atoms with van der Waals surface area (Å²) in [5.74, 6) is 1.31. The number of hydrogen-bond donors (Lipinski definition) is 1. The van der Waals surface area contributed by atoms with Gasteiger partial charge in [0.1, 0.15) is 11.8 Å². The van der Waals surface area contributed by atoms with Gasteiger partial charge >= 0.3 is 0 Å². The Morgan fingerprint density at radius 2 is 2.11 bits per heavy atom. The van der Waals surface area contributed by atoms with Crippen LogP contribution in [0.1, 0.15) is 18.2 Å². The predicted octanol–water partition coefficient (Wildman–Crippen LogP) is 2.80. The lowest BCUT2D eigenvalue weighted by molar-refractivity contribution is 0.338. The van der Waals surface area contributed by atoms with E-state index in [2.05, 4.69) is 15.3 Å². The van der Waals surface area contributed by atoms with Gasteiger partial charge < -0.3 is 10.1 Å². The highest BCUT2D eigenvalue weighted by Crippen LogP contribution is 2.24. The molecule has 2 aromatic rings. The van der Waals surface area contributed by atoms with E-state index < -0.39 is 0 Å². The summed E-state index contributed by atoms with van der Waals surface area (Å²) in [5, 5.41) is 12.0. The molecule has 0 aliphatic carbocycles. The summed E-state index contributed by atoms with van der Waals surface area (Å²) in [4.78, 5) is 8.06. The van der Waals surface area contributed by atoms with Crippen LogP contribution in [-0.4, -0.2) is 16.6 Å². The van der Waals surface area contributed by atoms with E-state index in [-0.39, 0.29) is 5.69 Å². The maximum atomic E-state index is 8.95. The van der Waals surface area contributed by atoms with E-state index in [1.807, 2.05) is 38.1 Å². The quantitative estimate of drug-likeness (QED) is 0.908. The van der Waals surface area contributed by atoms with Crippen molar-refractivity contribution in [1.29, 1.82) is 5.26 Å². The van der Waals surface area contributed by atoms with Crippen LogP contribution in [0, 0.1) is 18.3 Å².